The second-order valence-electron chi connectivity index (χ2n) is 6.77. The Bertz CT molecular complexity index is 890. The molecular weight excluding hydrogens is 362 g/mol. The highest BCUT2D eigenvalue weighted by Gasteiger charge is 2.37. The van der Waals surface area contributed by atoms with Crippen LogP contribution in [0.5, 0.6) is 0 Å². The summed E-state index contributed by atoms with van der Waals surface area (Å²) in [5, 5.41) is 9.47. The molecule has 0 aliphatic carbocycles. The van der Waals surface area contributed by atoms with Crippen LogP contribution in [0.3, 0.4) is 0 Å². The molecule has 1 saturated heterocycles. The van der Waals surface area contributed by atoms with Gasteiger partial charge in [0.15, 0.2) is 0 Å². The van der Waals surface area contributed by atoms with Crippen LogP contribution in [0.2, 0.25) is 0 Å². The van der Waals surface area contributed by atoms with Crippen LogP contribution < -0.4 is 10.6 Å². The number of fused-ring (bicyclic) bond motifs is 1. The van der Waals surface area contributed by atoms with Gasteiger partial charge < -0.3 is 15.4 Å². The van der Waals surface area contributed by atoms with Crippen molar-refractivity contribution in [2.45, 2.75) is 25.5 Å². The van der Waals surface area contributed by atoms with Gasteiger partial charge in [-0.1, -0.05) is 0 Å². The van der Waals surface area contributed by atoms with Crippen molar-refractivity contribution < 1.29 is 19.1 Å². The highest BCUT2D eigenvalue weighted by molar-refractivity contribution is 6.21. The third kappa shape index (κ3) is 3.74. The number of anilines is 1. The Morgan fingerprint density at radius 1 is 1.25 bits per heavy atom. The Labute approximate surface area is 161 Å². The standard InChI is InChI=1S/C19H21N5O4/c25-17-15-5-4-13(22-19(27)20-7-9-23-8-2-6-21-23)11-16(15)18(26)24(17)12-14-3-1-10-28-14/h2,4-6,8,11,14H,1,3,7,9-10,12H2,(H2,20,22,27)/t14-/m1/s1. The van der Waals surface area contributed by atoms with E-state index in [1.807, 2.05) is 12.3 Å². The molecule has 2 aromatic rings. The number of imide groups is 1. The number of carbonyl (C=O) groups is 3. The maximum absolute atomic E-state index is 12.6. The van der Waals surface area contributed by atoms with E-state index < -0.39 is 0 Å². The van der Waals surface area contributed by atoms with Crippen LogP contribution in [0, 0.1) is 0 Å². The van der Waals surface area contributed by atoms with Crippen LogP contribution >= 0.6 is 0 Å². The van der Waals surface area contributed by atoms with Crippen molar-refractivity contribution in [3.8, 4) is 0 Å². The van der Waals surface area contributed by atoms with Gasteiger partial charge in [-0.3, -0.25) is 19.2 Å². The largest absolute Gasteiger partial charge is 0.376 e. The van der Waals surface area contributed by atoms with Gasteiger partial charge in [0.2, 0.25) is 0 Å². The summed E-state index contributed by atoms with van der Waals surface area (Å²) < 4.78 is 7.24. The molecule has 3 heterocycles. The zero-order chi connectivity index (χ0) is 19.5. The average molecular weight is 383 g/mol. The molecule has 1 atom stereocenters. The molecule has 9 nitrogen and oxygen atoms in total. The Kier molecular flexibility index (Phi) is 5.07. The average Bonchev–Trinajstić information content (AvgIpc) is 3.42. The molecule has 1 aromatic heterocycles. The lowest BCUT2D eigenvalue weighted by atomic mass is 10.1. The van der Waals surface area contributed by atoms with Crippen LogP contribution in [0.15, 0.2) is 36.7 Å². The molecule has 4 rings (SSSR count). The number of rotatable bonds is 6. The SMILES string of the molecule is O=C(NCCn1cccn1)Nc1ccc2c(c1)C(=O)N(C[C@H]1CCCO1)C2=O. The van der Waals surface area contributed by atoms with E-state index in [2.05, 4.69) is 15.7 Å². The number of hydrogen-bond donors (Lipinski definition) is 2. The van der Waals surface area contributed by atoms with Gasteiger partial charge >= 0.3 is 6.03 Å². The Morgan fingerprint density at radius 2 is 2.11 bits per heavy atom. The second-order valence-corrected chi connectivity index (χ2v) is 6.77. The van der Waals surface area contributed by atoms with Crippen molar-refractivity contribution in [3.05, 3.63) is 47.8 Å². The van der Waals surface area contributed by atoms with Crippen molar-refractivity contribution in [1.29, 1.82) is 0 Å². The van der Waals surface area contributed by atoms with E-state index in [0.29, 0.717) is 36.5 Å². The third-order valence-corrected chi connectivity index (χ3v) is 4.82. The number of nitrogens with zero attached hydrogens (tertiary/aromatic N) is 3. The van der Waals surface area contributed by atoms with Gasteiger partial charge in [-0.25, -0.2) is 4.79 Å². The van der Waals surface area contributed by atoms with Gasteiger partial charge in [-0.15, -0.1) is 0 Å². The Morgan fingerprint density at radius 3 is 2.86 bits per heavy atom. The number of urea groups is 1. The predicted molar refractivity (Wildman–Crippen MR) is 100 cm³/mol. The van der Waals surface area contributed by atoms with Gasteiger partial charge in [-0.2, -0.15) is 5.10 Å². The first-order chi connectivity index (χ1) is 13.6. The lowest BCUT2D eigenvalue weighted by Gasteiger charge is -2.17. The van der Waals surface area contributed by atoms with Gasteiger partial charge in [0, 0.05) is 31.2 Å². The van der Waals surface area contributed by atoms with Gasteiger partial charge in [0.1, 0.15) is 0 Å². The summed E-state index contributed by atoms with van der Waals surface area (Å²) in [6, 6.07) is 6.15. The van der Waals surface area contributed by atoms with Crippen molar-refractivity contribution >= 4 is 23.5 Å². The minimum atomic E-state index is -0.389. The summed E-state index contributed by atoms with van der Waals surface area (Å²) in [6.07, 6.45) is 5.17. The minimum Gasteiger partial charge on any atom is -0.376 e. The molecule has 146 valence electrons. The quantitative estimate of drug-likeness (QED) is 0.735. The topological polar surface area (TPSA) is 106 Å². The molecule has 2 aliphatic heterocycles. The first-order valence-electron chi connectivity index (χ1n) is 9.26. The van der Waals surface area contributed by atoms with E-state index in [4.69, 9.17) is 4.74 Å². The van der Waals surface area contributed by atoms with Crippen molar-refractivity contribution in [3.63, 3.8) is 0 Å². The fourth-order valence-electron chi connectivity index (χ4n) is 3.42. The smallest absolute Gasteiger partial charge is 0.319 e. The van der Waals surface area contributed by atoms with E-state index in [-0.39, 0.29) is 30.5 Å². The fraction of sp³-hybridized carbons (Fsp3) is 0.368. The molecule has 4 amide bonds. The number of nitrogens with one attached hydrogen (secondary N) is 2. The van der Waals surface area contributed by atoms with Gasteiger partial charge in [-0.05, 0) is 37.1 Å². The lowest BCUT2D eigenvalue weighted by Crippen LogP contribution is -2.36. The molecule has 0 bridgehead atoms. The highest BCUT2D eigenvalue weighted by Crippen LogP contribution is 2.27. The number of carbonyl (C=O) groups excluding carboxylic acids is 3. The number of amides is 4. The molecule has 28 heavy (non-hydrogen) atoms. The molecule has 2 aliphatic rings. The van der Waals surface area contributed by atoms with Crippen molar-refractivity contribution in [2.24, 2.45) is 0 Å². The summed E-state index contributed by atoms with van der Waals surface area (Å²) in [7, 11) is 0. The molecule has 2 N–H and O–H groups in total. The van der Waals surface area contributed by atoms with Crippen LogP contribution in [-0.2, 0) is 11.3 Å². The van der Waals surface area contributed by atoms with Crippen LogP contribution in [0.25, 0.3) is 0 Å². The third-order valence-electron chi connectivity index (χ3n) is 4.82. The molecule has 0 spiro atoms. The van der Waals surface area contributed by atoms with E-state index >= 15 is 0 Å². The second kappa shape index (κ2) is 7.81. The molecule has 1 aromatic carbocycles. The first-order valence-corrected chi connectivity index (χ1v) is 9.26. The number of hydrogen-bond acceptors (Lipinski definition) is 5. The Balaban J connectivity index is 1.36. The molecule has 1 fully saturated rings. The summed E-state index contributed by atoms with van der Waals surface area (Å²) in [6.45, 7) is 1.89. The van der Waals surface area contributed by atoms with E-state index in [9.17, 15) is 14.4 Å². The molecule has 0 unspecified atom stereocenters. The molecule has 9 heteroatoms. The van der Waals surface area contributed by atoms with Crippen LogP contribution in [0.4, 0.5) is 10.5 Å². The zero-order valence-corrected chi connectivity index (χ0v) is 15.3. The molecule has 0 saturated carbocycles. The predicted octanol–water partition coefficient (Wildman–Crippen LogP) is 1.48. The summed E-state index contributed by atoms with van der Waals surface area (Å²) in [5.74, 6) is -0.663. The summed E-state index contributed by atoms with van der Waals surface area (Å²) >= 11 is 0. The number of aromatic nitrogens is 2. The van der Waals surface area contributed by atoms with Crippen molar-refractivity contribution in [2.75, 3.05) is 25.0 Å². The van der Waals surface area contributed by atoms with E-state index in [1.54, 1.807) is 23.0 Å². The van der Waals surface area contributed by atoms with Crippen molar-refractivity contribution in [1.82, 2.24) is 20.0 Å². The van der Waals surface area contributed by atoms with Crippen LogP contribution in [-0.4, -0.2) is 58.3 Å². The monoisotopic (exact) mass is 383 g/mol. The maximum Gasteiger partial charge on any atom is 0.319 e. The number of benzene rings is 1. The van der Waals surface area contributed by atoms with Crippen LogP contribution in [0.1, 0.15) is 33.6 Å². The molecular formula is C19H21N5O4. The van der Waals surface area contributed by atoms with Gasteiger partial charge in [0.05, 0.1) is 30.3 Å². The minimum absolute atomic E-state index is 0.0969. The normalized spacial score (nSPS) is 18.4. The molecule has 0 radical (unpaired) electrons. The maximum atomic E-state index is 12.6. The lowest BCUT2D eigenvalue weighted by molar-refractivity contribution is 0.0475. The fourth-order valence-corrected chi connectivity index (χ4v) is 3.42. The summed E-state index contributed by atoms with van der Waals surface area (Å²) in [5.41, 5.74) is 1.11. The van der Waals surface area contributed by atoms with Gasteiger partial charge in [0.25, 0.3) is 11.8 Å². The first kappa shape index (κ1) is 18.2. The van der Waals surface area contributed by atoms with E-state index in [0.717, 1.165) is 12.8 Å². The van der Waals surface area contributed by atoms with E-state index in [1.165, 1.54) is 11.0 Å². The highest BCUT2D eigenvalue weighted by atomic mass is 16.5. The number of ether oxygens (including phenoxy) is 1. The summed E-state index contributed by atoms with van der Waals surface area (Å²) in [4.78, 5) is 38.5. The zero-order valence-electron chi connectivity index (χ0n) is 15.3. The Hall–Kier alpha value is -3.20.